The lowest BCUT2D eigenvalue weighted by Crippen LogP contribution is -2.32. The molecule has 26 heavy (non-hydrogen) atoms. The summed E-state index contributed by atoms with van der Waals surface area (Å²) in [5.41, 5.74) is 11.6. The summed E-state index contributed by atoms with van der Waals surface area (Å²) >= 11 is 0. The summed E-state index contributed by atoms with van der Waals surface area (Å²) in [6.45, 7) is 8.79. The van der Waals surface area contributed by atoms with Gasteiger partial charge >= 0.3 is 0 Å². The highest BCUT2D eigenvalue weighted by Crippen LogP contribution is 2.23. The summed E-state index contributed by atoms with van der Waals surface area (Å²) in [5.74, 6) is -0.216. The molecule has 0 aliphatic carbocycles. The third-order valence-electron chi connectivity index (χ3n) is 4.53. The second kappa shape index (κ2) is 12.8. The summed E-state index contributed by atoms with van der Waals surface area (Å²) in [6, 6.07) is 0. The SMILES string of the molecule is C=CC(O)CC(C)C(O)C(C)CC(O)/C(N)=C\CC(C)CN=C(N)CF. The highest BCUT2D eigenvalue weighted by atomic mass is 19.1. The monoisotopic (exact) mass is 373 g/mol. The van der Waals surface area contributed by atoms with Crippen LogP contribution in [0.5, 0.6) is 0 Å². The number of aliphatic hydroxyl groups excluding tert-OH is 3. The molecule has 0 aliphatic rings. The summed E-state index contributed by atoms with van der Waals surface area (Å²) in [6.07, 6.45) is 2.32. The Hall–Kier alpha value is -1.44. The minimum atomic E-state index is -0.859. The summed E-state index contributed by atoms with van der Waals surface area (Å²) in [5, 5.41) is 30.2. The van der Waals surface area contributed by atoms with E-state index in [0.29, 0.717) is 31.5 Å². The lowest BCUT2D eigenvalue weighted by atomic mass is 9.86. The molecule has 0 saturated carbocycles. The first-order valence-corrected chi connectivity index (χ1v) is 9.09. The van der Waals surface area contributed by atoms with Crippen molar-refractivity contribution in [1.82, 2.24) is 0 Å². The van der Waals surface area contributed by atoms with E-state index in [1.807, 2.05) is 20.8 Å². The van der Waals surface area contributed by atoms with Crippen molar-refractivity contribution in [2.45, 2.75) is 58.3 Å². The van der Waals surface area contributed by atoms with Crippen molar-refractivity contribution < 1.29 is 19.7 Å². The second-order valence-corrected chi connectivity index (χ2v) is 7.25. The summed E-state index contributed by atoms with van der Waals surface area (Å²) in [4.78, 5) is 3.91. The molecule has 0 saturated heterocycles. The minimum Gasteiger partial charge on any atom is -0.400 e. The Morgan fingerprint density at radius 1 is 1.12 bits per heavy atom. The Bertz CT molecular complexity index is 471. The van der Waals surface area contributed by atoms with Crippen molar-refractivity contribution in [3.8, 4) is 0 Å². The molecule has 0 bridgehead atoms. The maximum atomic E-state index is 12.2. The van der Waals surface area contributed by atoms with E-state index in [1.54, 1.807) is 6.08 Å². The van der Waals surface area contributed by atoms with Gasteiger partial charge in [-0.3, -0.25) is 4.99 Å². The van der Waals surface area contributed by atoms with Gasteiger partial charge in [0.05, 0.1) is 18.3 Å². The zero-order valence-corrected chi connectivity index (χ0v) is 16.2. The molecule has 0 spiro atoms. The van der Waals surface area contributed by atoms with Crippen LogP contribution >= 0.6 is 0 Å². The predicted molar refractivity (Wildman–Crippen MR) is 104 cm³/mol. The largest absolute Gasteiger partial charge is 0.400 e. The normalized spacial score (nSPS) is 20.1. The van der Waals surface area contributed by atoms with Crippen LogP contribution in [-0.4, -0.2) is 52.7 Å². The molecule has 6 atom stereocenters. The summed E-state index contributed by atoms with van der Waals surface area (Å²) in [7, 11) is 0. The van der Waals surface area contributed by atoms with Crippen molar-refractivity contribution >= 4 is 5.84 Å². The van der Waals surface area contributed by atoms with Crippen LogP contribution in [0, 0.1) is 17.8 Å². The number of halogens is 1. The van der Waals surface area contributed by atoms with Gasteiger partial charge in [0, 0.05) is 12.2 Å². The molecule has 0 heterocycles. The number of hydrogen-bond acceptors (Lipinski definition) is 5. The van der Waals surface area contributed by atoms with E-state index in [2.05, 4.69) is 11.6 Å². The van der Waals surface area contributed by atoms with Crippen molar-refractivity contribution in [2.75, 3.05) is 13.2 Å². The standard InChI is InChI=1S/C19H36FN3O3/c1-5-15(24)8-13(3)19(26)14(4)9-17(25)16(21)7-6-12(2)11-23-18(22)10-20/h5,7,12-15,17,19,24-26H,1,6,8-11,21H2,2-4H3,(H2,22,23)/b16-7+. The van der Waals surface area contributed by atoms with Crippen LogP contribution in [0.2, 0.25) is 0 Å². The highest BCUT2D eigenvalue weighted by Gasteiger charge is 2.25. The molecule has 6 unspecified atom stereocenters. The van der Waals surface area contributed by atoms with Crippen molar-refractivity contribution in [1.29, 1.82) is 0 Å². The van der Waals surface area contributed by atoms with Gasteiger partial charge in [0.25, 0.3) is 0 Å². The van der Waals surface area contributed by atoms with Gasteiger partial charge < -0.3 is 26.8 Å². The molecule has 0 aliphatic heterocycles. The number of nitrogens with two attached hydrogens (primary N) is 2. The van der Waals surface area contributed by atoms with Gasteiger partial charge in [-0.05, 0) is 37.0 Å². The quantitative estimate of drug-likeness (QED) is 0.190. The Morgan fingerprint density at radius 2 is 1.69 bits per heavy atom. The van der Waals surface area contributed by atoms with Gasteiger partial charge in [-0.1, -0.05) is 32.9 Å². The van der Waals surface area contributed by atoms with Crippen LogP contribution in [0.4, 0.5) is 4.39 Å². The lowest BCUT2D eigenvalue weighted by Gasteiger charge is -2.27. The first-order valence-electron chi connectivity index (χ1n) is 9.09. The Kier molecular flexibility index (Phi) is 12.1. The zero-order valence-electron chi connectivity index (χ0n) is 16.2. The maximum Gasteiger partial charge on any atom is 0.146 e. The smallest absolute Gasteiger partial charge is 0.146 e. The molecular formula is C19H36FN3O3. The summed E-state index contributed by atoms with van der Waals surface area (Å²) < 4.78 is 12.2. The van der Waals surface area contributed by atoms with E-state index < -0.39 is 25.0 Å². The number of nitrogens with zero attached hydrogens (tertiary/aromatic N) is 1. The second-order valence-electron chi connectivity index (χ2n) is 7.25. The maximum absolute atomic E-state index is 12.2. The topological polar surface area (TPSA) is 125 Å². The van der Waals surface area contributed by atoms with Crippen molar-refractivity contribution in [3.05, 3.63) is 24.4 Å². The number of hydrogen-bond donors (Lipinski definition) is 5. The zero-order chi connectivity index (χ0) is 20.3. The molecule has 0 amide bonds. The fourth-order valence-corrected chi connectivity index (χ4v) is 2.67. The molecule has 152 valence electrons. The highest BCUT2D eigenvalue weighted by molar-refractivity contribution is 5.81. The number of alkyl halides is 1. The molecule has 0 aromatic heterocycles. The first kappa shape index (κ1) is 24.6. The van der Waals surface area contributed by atoms with Crippen LogP contribution < -0.4 is 11.5 Å². The molecule has 0 fully saturated rings. The van der Waals surface area contributed by atoms with E-state index in [-0.39, 0.29) is 23.6 Å². The first-order chi connectivity index (χ1) is 12.1. The van der Waals surface area contributed by atoms with Gasteiger partial charge in [0.1, 0.15) is 12.5 Å². The lowest BCUT2D eigenvalue weighted by molar-refractivity contribution is 0.0261. The Morgan fingerprint density at radius 3 is 2.23 bits per heavy atom. The van der Waals surface area contributed by atoms with E-state index in [0.717, 1.165) is 0 Å². The number of allylic oxidation sites excluding steroid dienone is 1. The third kappa shape index (κ3) is 9.89. The van der Waals surface area contributed by atoms with E-state index in [9.17, 15) is 19.7 Å². The number of rotatable bonds is 13. The van der Waals surface area contributed by atoms with Crippen LogP contribution in [0.1, 0.15) is 40.0 Å². The molecule has 0 aromatic rings. The van der Waals surface area contributed by atoms with Crippen LogP contribution in [0.3, 0.4) is 0 Å². The Labute approximate surface area is 156 Å². The molecule has 7 N–H and O–H groups in total. The van der Waals surface area contributed by atoms with Crippen LogP contribution in [0.15, 0.2) is 29.4 Å². The van der Waals surface area contributed by atoms with Gasteiger partial charge in [-0.2, -0.15) is 0 Å². The van der Waals surface area contributed by atoms with Gasteiger partial charge in [-0.25, -0.2) is 4.39 Å². The van der Waals surface area contributed by atoms with Crippen molar-refractivity contribution in [2.24, 2.45) is 34.2 Å². The number of aliphatic hydroxyl groups is 3. The third-order valence-corrected chi connectivity index (χ3v) is 4.53. The van der Waals surface area contributed by atoms with Crippen molar-refractivity contribution in [3.63, 3.8) is 0 Å². The van der Waals surface area contributed by atoms with Gasteiger partial charge in [0.15, 0.2) is 0 Å². The van der Waals surface area contributed by atoms with E-state index in [1.165, 1.54) is 6.08 Å². The molecule has 0 radical (unpaired) electrons. The molecule has 6 nitrogen and oxygen atoms in total. The number of aliphatic imine (C=N–C) groups is 1. The molecule has 0 aromatic carbocycles. The average molecular weight is 374 g/mol. The number of amidine groups is 1. The fraction of sp³-hybridized carbons (Fsp3) is 0.737. The predicted octanol–water partition coefficient (Wildman–Crippen LogP) is 1.50. The van der Waals surface area contributed by atoms with E-state index >= 15 is 0 Å². The van der Waals surface area contributed by atoms with Crippen LogP contribution in [-0.2, 0) is 0 Å². The molecular weight excluding hydrogens is 337 g/mol. The molecule has 7 heteroatoms. The van der Waals surface area contributed by atoms with Crippen LogP contribution in [0.25, 0.3) is 0 Å². The van der Waals surface area contributed by atoms with Gasteiger partial charge in [-0.15, -0.1) is 6.58 Å². The Balaban J connectivity index is 4.49. The minimum absolute atomic E-state index is 0.0210. The fourth-order valence-electron chi connectivity index (χ4n) is 2.67. The van der Waals surface area contributed by atoms with E-state index in [4.69, 9.17) is 11.5 Å². The van der Waals surface area contributed by atoms with Gasteiger partial charge in [0.2, 0.25) is 0 Å². The average Bonchev–Trinajstić information content (AvgIpc) is 2.62. The molecule has 0 rings (SSSR count).